The Labute approximate surface area is 312 Å². The average molecular weight is 760 g/mol. The first-order valence-electron chi connectivity index (χ1n) is 18.1. The fraction of sp³-hybridized carbons (Fsp3) is 0.629. The van der Waals surface area contributed by atoms with Crippen LogP contribution in [-0.2, 0) is 28.5 Å². The lowest BCUT2D eigenvalue weighted by Crippen LogP contribution is -2.55. The minimum Gasteiger partial charge on any atom is -0.476 e. The Morgan fingerprint density at radius 1 is 1.02 bits per heavy atom. The largest absolute Gasteiger partial charge is 0.476 e. The van der Waals surface area contributed by atoms with Crippen molar-refractivity contribution in [3.8, 4) is 5.88 Å². The molecule has 0 radical (unpaired) electrons. The lowest BCUT2D eigenvalue weighted by Gasteiger charge is -2.40. The smallest absolute Gasteiger partial charge is 0.331 e. The summed E-state index contributed by atoms with van der Waals surface area (Å²) in [5.41, 5.74) is 0.174. The molecule has 1 saturated heterocycles. The zero-order valence-electron chi connectivity index (χ0n) is 30.8. The highest BCUT2D eigenvalue weighted by Crippen LogP contribution is 2.39. The maximum absolute atomic E-state index is 13.6. The number of methoxy groups -OCH3 is 1. The van der Waals surface area contributed by atoms with Gasteiger partial charge in [0.05, 0.1) is 63.0 Å². The summed E-state index contributed by atoms with van der Waals surface area (Å²) in [6, 6.07) is 6.27. The summed E-state index contributed by atoms with van der Waals surface area (Å²) in [5.74, 6) is -0.348. The van der Waals surface area contributed by atoms with Crippen molar-refractivity contribution < 1.29 is 52.7 Å². The molecular weight excluding hydrogens is 710 g/mol. The van der Waals surface area contributed by atoms with E-state index in [9.17, 15) is 24.8 Å². The number of ether oxygens (including phenoxy) is 6. The van der Waals surface area contributed by atoms with E-state index in [4.69, 9.17) is 28.4 Å². The first-order valence-corrected chi connectivity index (χ1v) is 18.1. The number of hydrogen-bond acceptors (Lipinski definition) is 17. The summed E-state index contributed by atoms with van der Waals surface area (Å²) in [6.07, 6.45) is 1.40. The van der Waals surface area contributed by atoms with E-state index in [0.717, 1.165) is 12.1 Å². The summed E-state index contributed by atoms with van der Waals surface area (Å²) >= 11 is 0. The Hall–Kier alpha value is -4.69. The van der Waals surface area contributed by atoms with E-state index in [1.807, 2.05) is 0 Å². The molecule has 1 aromatic carbocycles. The number of aliphatic hydroxyl groups excluding tert-OH is 1. The normalized spacial score (nSPS) is 17.8. The number of aliphatic hydroxyl groups is 1. The molecule has 0 unspecified atom stereocenters. The highest BCUT2D eigenvalue weighted by molar-refractivity contribution is 5.97. The Morgan fingerprint density at radius 2 is 1.74 bits per heavy atom. The number of anilines is 2. The number of amides is 1. The van der Waals surface area contributed by atoms with Crippen molar-refractivity contribution >= 4 is 40.0 Å². The Morgan fingerprint density at radius 3 is 2.41 bits per heavy atom. The van der Waals surface area contributed by atoms with Gasteiger partial charge in [-0.1, -0.05) is 6.92 Å². The lowest BCUT2D eigenvalue weighted by atomic mass is 9.92. The molecule has 2 aromatic heterocycles. The molecule has 19 heteroatoms. The molecule has 2 fully saturated rings. The number of rotatable bonds is 25. The number of non-ortho nitro benzene ring substituents is 1. The summed E-state index contributed by atoms with van der Waals surface area (Å²) in [7, 11) is 1.67. The van der Waals surface area contributed by atoms with E-state index in [2.05, 4.69) is 35.5 Å². The Kier molecular flexibility index (Phi) is 14.7. The van der Waals surface area contributed by atoms with Gasteiger partial charge in [0.2, 0.25) is 11.4 Å². The zero-order valence-corrected chi connectivity index (χ0v) is 30.8. The van der Waals surface area contributed by atoms with Crippen LogP contribution in [0.15, 0.2) is 28.9 Å². The minimum atomic E-state index is -1.35. The third-order valence-corrected chi connectivity index (χ3v) is 9.52. The number of nitrogens with one attached hydrogen (secondary N) is 2. The van der Waals surface area contributed by atoms with Gasteiger partial charge in [0.15, 0.2) is 5.52 Å². The van der Waals surface area contributed by atoms with Crippen LogP contribution in [0.1, 0.15) is 43.6 Å². The molecule has 3 atom stereocenters. The van der Waals surface area contributed by atoms with Crippen molar-refractivity contribution in [2.24, 2.45) is 11.8 Å². The molecule has 1 saturated carbocycles. The number of hydrogen-bond donors (Lipinski definition) is 3. The van der Waals surface area contributed by atoms with E-state index >= 15 is 0 Å². The van der Waals surface area contributed by atoms with E-state index in [0.29, 0.717) is 57.6 Å². The highest BCUT2D eigenvalue weighted by Gasteiger charge is 2.41. The lowest BCUT2D eigenvalue weighted by molar-refractivity contribution is -0.383. The van der Waals surface area contributed by atoms with Crippen LogP contribution in [0, 0.1) is 22.0 Å². The SMILES string of the molecule is CCOC(=O)[C@](CC)(CCOCCOCCOCCNc1ccc([N+](=O)[O-])c2nonc12)NC(=O)c1ccc(N2CC(OC)C2)c(OC[C@H]2C[C@@H]2CO)n1. The molecule has 296 valence electrons. The van der Waals surface area contributed by atoms with Gasteiger partial charge in [-0.25, -0.2) is 14.4 Å². The summed E-state index contributed by atoms with van der Waals surface area (Å²) in [4.78, 5) is 44.1. The van der Waals surface area contributed by atoms with E-state index in [-0.39, 0.29) is 86.2 Å². The number of nitro benzene ring substituents is 1. The number of aromatic nitrogens is 3. The first-order chi connectivity index (χ1) is 26.2. The predicted octanol–water partition coefficient (Wildman–Crippen LogP) is 2.36. The van der Waals surface area contributed by atoms with Crippen molar-refractivity contribution in [1.82, 2.24) is 20.6 Å². The molecule has 19 nitrogen and oxygen atoms in total. The molecule has 1 aliphatic carbocycles. The third-order valence-electron chi connectivity index (χ3n) is 9.52. The van der Waals surface area contributed by atoms with E-state index < -0.39 is 22.3 Å². The molecule has 1 aliphatic heterocycles. The molecule has 5 rings (SSSR count). The maximum atomic E-state index is 13.6. The third kappa shape index (κ3) is 10.3. The fourth-order valence-electron chi connectivity index (χ4n) is 5.98. The van der Waals surface area contributed by atoms with Crippen molar-refractivity contribution in [3.63, 3.8) is 0 Å². The summed E-state index contributed by atoms with van der Waals surface area (Å²) < 4.78 is 38.5. The van der Waals surface area contributed by atoms with Crippen molar-refractivity contribution in [2.45, 2.75) is 44.8 Å². The van der Waals surface area contributed by atoms with Crippen LogP contribution in [-0.4, -0.2) is 135 Å². The second-order valence-corrected chi connectivity index (χ2v) is 13.0. The van der Waals surface area contributed by atoms with Crippen LogP contribution in [0.25, 0.3) is 11.0 Å². The van der Waals surface area contributed by atoms with Crippen LogP contribution in [0.3, 0.4) is 0 Å². The van der Waals surface area contributed by atoms with Gasteiger partial charge < -0.3 is 49.1 Å². The van der Waals surface area contributed by atoms with E-state index in [1.54, 1.807) is 33.1 Å². The highest BCUT2D eigenvalue weighted by atomic mass is 16.6. The number of carbonyl (C=O) groups excluding carboxylic acids is 2. The number of nitrogens with zero attached hydrogens (tertiary/aromatic N) is 5. The van der Waals surface area contributed by atoms with Gasteiger partial charge in [0.25, 0.3) is 5.91 Å². The molecule has 2 aliphatic rings. The van der Waals surface area contributed by atoms with Gasteiger partial charge in [-0.15, -0.1) is 0 Å². The number of carbonyl (C=O) groups is 2. The maximum Gasteiger partial charge on any atom is 0.331 e. The van der Waals surface area contributed by atoms with Gasteiger partial charge in [0.1, 0.15) is 16.9 Å². The van der Waals surface area contributed by atoms with Crippen molar-refractivity contribution in [3.05, 3.63) is 40.1 Å². The minimum absolute atomic E-state index is 0.0669. The van der Waals surface area contributed by atoms with Gasteiger partial charge in [-0.05, 0) is 60.1 Å². The topological polar surface area (TPSA) is 232 Å². The molecule has 3 aromatic rings. The fourth-order valence-corrected chi connectivity index (χ4v) is 5.98. The standard InChI is InChI=1S/C35H49N7O12/c1-4-35(34(45)52-5-2,38-32(44)27-7-9-29(41-19-25(20-41)48-3)33(37-27)53-22-24-18-23(24)21-43)10-12-49-14-16-51-17-15-50-13-11-36-26-6-8-28(42(46)47)31-30(26)39-54-40-31/h6-9,23-25,36,43H,4-5,10-22H2,1-3H3,(H,38,44)/t23-,24-,35+/m1/s1. The first kappa shape index (κ1) is 40.5. The average Bonchev–Trinajstić information content (AvgIpc) is 3.75. The van der Waals surface area contributed by atoms with E-state index in [1.165, 1.54) is 12.1 Å². The quantitative estimate of drug-likeness (QED) is 0.0487. The number of fused-ring (bicyclic) bond motifs is 1. The van der Waals surface area contributed by atoms with Crippen molar-refractivity contribution in [2.75, 3.05) is 96.4 Å². The van der Waals surface area contributed by atoms with Gasteiger partial charge in [0, 0.05) is 52.4 Å². The molecule has 3 heterocycles. The van der Waals surface area contributed by atoms with Crippen LogP contribution in [0.5, 0.6) is 5.88 Å². The molecule has 54 heavy (non-hydrogen) atoms. The van der Waals surface area contributed by atoms with Crippen LogP contribution < -0.4 is 20.3 Å². The van der Waals surface area contributed by atoms with Crippen LogP contribution in [0.4, 0.5) is 17.1 Å². The van der Waals surface area contributed by atoms with Crippen molar-refractivity contribution in [1.29, 1.82) is 0 Å². The van der Waals surface area contributed by atoms with Gasteiger partial charge >= 0.3 is 11.7 Å². The summed E-state index contributed by atoms with van der Waals surface area (Å²) in [5, 5.41) is 33.9. The van der Waals surface area contributed by atoms with Gasteiger partial charge in [-0.2, -0.15) is 0 Å². The second kappa shape index (κ2) is 19.6. The Balaban J connectivity index is 1.04. The monoisotopic (exact) mass is 759 g/mol. The molecular formula is C35H49N7O12. The van der Waals surface area contributed by atoms with Gasteiger partial charge in [-0.3, -0.25) is 14.9 Å². The predicted molar refractivity (Wildman–Crippen MR) is 193 cm³/mol. The number of esters is 1. The Bertz CT molecular complexity index is 1700. The molecule has 0 bridgehead atoms. The van der Waals surface area contributed by atoms with Crippen LogP contribution in [0.2, 0.25) is 0 Å². The van der Waals surface area contributed by atoms with Crippen LogP contribution >= 0.6 is 0 Å². The second-order valence-electron chi connectivity index (χ2n) is 13.0. The number of pyridine rings is 1. The number of benzene rings is 1. The molecule has 1 amide bonds. The molecule has 0 spiro atoms. The zero-order chi connectivity index (χ0) is 38.5. The number of nitro groups is 1. The molecule has 3 N–H and O–H groups in total. The summed E-state index contributed by atoms with van der Waals surface area (Å²) in [6.45, 7) is 7.56.